The van der Waals surface area contributed by atoms with Gasteiger partial charge in [-0.05, 0) is 44.5 Å². The fraction of sp³-hybridized carbons (Fsp3) is 0.500. The van der Waals surface area contributed by atoms with Crippen LogP contribution in [0, 0.1) is 0 Å². The molecule has 1 atom stereocenters. The zero-order valence-corrected chi connectivity index (χ0v) is 10.7. The van der Waals surface area contributed by atoms with Crippen LogP contribution >= 0.6 is 0 Å². The number of benzene rings is 1. The van der Waals surface area contributed by atoms with Crippen molar-refractivity contribution < 1.29 is 9.90 Å². The number of phenols is 1. The Kier molecular flexibility index (Phi) is 4.20. The van der Waals surface area contributed by atoms with E-state index in [1.165, 1.54) is 0 Å². The van der Waals surface area contributed by atoms with Gasteiger partial charge in [0.2, 0.25) is 0 Å². The fourth-order valence-electron chi connectivity index (χ4n) is 2.40. The van der Waals surface area contributed by atoms with Gasteiger partial charge in [0.05, 0.1) is 5.56 Å². The van der Waals surface area contributed by atoms with Gasteiger partial charge >= 0.3 is 0 Å². The van der Waals surface area contributed by atoms with Crippen LogP contribution in [0.5, 0.6) is 5.75 Å². The van der Waals surface area contributed by atoms with Crippen molar-refractivity contribution in [2.24, 2.45) is 0 Å². The Labute approximate surface area is 108 Å². The van der Waals surface area contributed by atoms with E-state index in [0.29, 0.717) is 5.56 Å². The van der Waals surface area contributed by atoms with E-state index in [4.69, 9.17) is 0 Å². The standard InChI is InChI=1S/C14H20N2O2/c1-16(11-5-4-9-15-10-8-11)14(18)12-6-2-3-7-13(12)17/h2-3,6-7,11,15,17H,4-5,8-10H2,1H3. The van der Waals surface area contributed by atoms with Crippen molar-refractivity contribution in [2.45, 2.75) is 25.3 Å². The molecule has 1 fully saturated rings. The fourth-order valence-corrected chi connectivity index (χ4v) is 2.40. The lowest BCUT2D eigenvalue weighted by molar-refractivity contribution is 0.0717. The number of hydrogen-bond donors (Lipinski definition) is 2. The Bertz CT molecular complexity index is 412. The van der Waals surface area contributed by atoms with Gasteiger partial charge in [-0.2, -0.15) is 0 Å². The van der Waals surface area contributed by atoms with Crippen molar-refractivity contribution >= 4 is 5.91 Å². The van der Waals surface area contributed by atoms with Crippen LogP contribution in [-0.2, 0) is 0 Å². The summed E-state index contributed by atoms with van der Waals surface area (Å²) in [7, 11) is 1.82. The lowest BCUT2D eigenvalue weighted by Crippen LogP contribution is -2.37. The molecule has 1 unspecified atom stereocenters. The van der Waals surface area contributed by atoms with Gasteiger partial charge in [0.1, 0.15) is 5.75 Å². The summed E-state index contributed by atoms with van der Waals surface area (Å²) in [5.74, 6) is -0.0407. The molecule has 98 valence electrons. The van der Waals surface area contributed by atoms with Gasteiger partial charge in [-0.15, -0.1) is 0 Å². The minimum atomic E-state index is -0.0972. The van der Waals surface area contributed by atoms with Gasteiger partial charge in [0.15, 0.2) is 0 Å². The summed E-state index contributed by atoms with van der Waals surface area (Å²) in [6.45, 7) is 1.97. The molecule has 0 saturated carbocycles. The molecule has 0 aromatic heterocycles. The average Bonchev–Trinajstić information content (AvgIpc) is 2.66. The maximum atomic E-state index is 12.3. The van der Waals surface area contributed by atoms with Crippen molar-refractivity contribution in [1.29, 1.82) is 0 Å². The van der Waals surface area contributed by atoms with Crippen LogP contribution in [0.1, 0.15) is 29.6 Å². The molecule has 0 bridgehead atoms. The van der Waals surface area contributed by atoms with Gasteiger partial charge in [-0.3, -0.25) is 4.79 Å². The number of nitrogens with one attached hydrogen (secondary N) is 1. The molecule has 18 heavy (non-hydrogen) atoms. The van der Waals surface area contributed by atoms with Crippen LogP contribution < -0.4 is 5.32 Å². The smallest absolute Gasteiger partial charge is 0.257 e. The topological polar surface area (TPSA) is 52.6 Å². The zero-order chi connectivity index (χ0) is 13.0. The van der Waals surface area contributed by atoms with E-state index in [2.05, 4.69) is 5.32 Å². The lowest BCUT2D eigenvalue weighted by Gasteiger charge is -2.27. The molecule has 2 rings (SSSR count). The van der Waals surface area contributed by atoms with Gasteiger partial charge in [-0.25, -0.2) is 0 Å². The normalized spacial score (nSPS) is 20.2. The molecule has 1 amide bonds. The highest BCUT2D eigenvalue weighted by molar-refractivity contribution is 5.96. The molecule has 0 aliphatic carbocycles. The van der Waals surface area contributed by atoms with Crippen molar-refractivity contribution in [1.82, 2.24) is 10.2 Å². The summed E-state index contributed by atoms with van der Waals surface area (Å²) in [4.78, 5) is 14.1. The zero-order valence-electron chi connectivity index (χ0n) is 10.7. The van der Waals surface area contributed by atoms with E-state index in [1.807, 2.05) is 7.05 Å². The summed E-state index contributed by atoms with van der Waals surface area (Å²) in [6.07, 6.45) is 3.07. The Hall–Kier alpha value is -1.55. The molecule has 1 aromatic carbocycles. The number of nitrogens with zero attached hydrogens (tertiary/aromatic N) is 1. The molecule has 1 aliphatic heterocycles. The van der Waals surface area contributed by atoms with E-state index in [1.54, 1.807) is 29.2 Å². The second-order valence-electron chi connectivity index (χ2n) is 4.77. The number of phenolic OH excluding ortho intramolecular Hbond substituents is 1. The predicted octanol–water partition coefficient (Wildman–Crippen LogP) is 1.61. The Morgan fingerprint density at radius 2 is 2.11 bits per heavy atom. The summed E-state index contributed by atoms with van der Waals surface area (Å²) < 4.78 is 0. The number of hydrogen-bond acceptors (Lipinski definition) is 3. The molecule has 0 spiro atoms. The monoisotopic (exact) mass is 248 g/mol. The van der Waals surface area contributed by atoms with Crippen molar-refractivity contribution in [2.75, 3.05) is 20.1 Å². The van der Waals surface area contributed by atoms with E-state index in [9.17, 15) is 9.90 Å². The molecular weight excluding hydrogens is 228 g/mol. The summed E-state index contributed by atoms with van der Waals surface area (Å²) in [6, 6.07) is 6.97. The molecule has 4 nitrogen and oxygen atoms in total. The first-order valence-electron chi connectivity index (χ1n) is 6.46. The Morgan fingerprint density at radius 3 is 2.89 bits per heavy atom. The maximum Gasteiger partial charge on any atom is 0.257 e. The number of aromatic hydroxyl groups is 1. The predicted molar refractivity (Wildman–Crippen MR) is 70.7 cm³/mol. The highest BCUT2D eigenvalue weighted by Gasteiger charge is 2.23. The highest BCUT2D eigenvalue weighted by Crippen LogP contribution is 2.20. The van der Waals surface area contributed by atoms with Crippen molar-refractivity contribution in [3.8, 4) is 5.75 Å². The summed E-state index contributed by atoms with van der Waals surface area (Å²) in [5.41, 5.74) is 0.386. The SMILES string of the molecule is CN(C(=O)c1ccccc1O)C1CCCNCC1. The van der Waals surface area contributed by atoms with Gasteiger partial charge in [0.25, 0.3) is 5.91 Å². The molecule has 1 saturated heterocycles. The van der Waals surface area contributed by atoms with E-state index < -0.39 is 0 Å². The average molecular weight is 248 g/mol. The van der Waals surface area contributed by atoms with Crippen LogP contribution in [0.4, 0.5) is 0 Å². The number of rotatable bonds is 2. The van der Waals surface area contributed by atoms with E-state index >= 15 is 0 Å². The van der Waals surface area contributed by atoms with Gasteiger partial charge in [-0.1, -0.05) is 12.1 Å². The number of para-hydroxylation sites is 1. The quantitative estimate of drug-likeness (QED) is 0.836. The number of amides is 1. The molecule has 1 heterocycles. The third kappa shape index (κ3) is 2.82. The first-order chi connectivity index (χ1) is 8.70. The third-order valence-electron chi connectivity index (χ3n) is 3.55. The highest BCUT2D eigenvalue weighted by atomic mass is 16.3. The molecule has 2 N–H and O–H groups in total. The van der Waals surface area contributed by atoms with Crippen LogP contribution in [0.25, 0.3) is 0 Å². The van der Waals surface area contributed by atoms with Crippen LogP contribution in [0.2, 0.25) is 0 Å². The van der Waals surface area contributed by atoms with Crippen LogP contribution in [0.15, 0.2) is 24.3 Å². The lowest BCUT2D eigenvalue weighted by atomic mass is 10.1. The molecular formula is C14H20N2O2. The first kappa shape index (κ1) is 12.9. The summed E-state index contributed by atoms with van der Waals surface area (Å²) >= 11 is 0. The Morgan fingerprint density at radius 1 is 1.33 bits per heavy atom. The first-order valence-corrected chi connectivity index (χ1v) is 6.46. The molecule has 1 aliphatic rings. The minimum Gasteiger partial charge on any atom is -0.507 e. The number of carbonyl (C=O) groups excluding carboxylic acids is 1. The van der Waals surface area contributed by atoms with E-state index in [0.717, 1.165) is 32.4 Å². The maximum absolute atomic E-state index is 12.3. The van der Waals surface area contributed by atoms with Gasteiger partial charge < -0.3 is 15.3 Å². The van der Waals surface area contributed by atoms with E-state index in [-0.39, 0.29) is 17.7 Å². The van der Waals surface area contributed by atoms with Crippen molar-refractivity contribution in [3.05, 3.63) is 29.8 Å². The molecule has 1 aromatic rings. The minimum absolute atomic E-state index is 0.0566. The number of carbonyl (C=O) groups is 1. The molecule has 4 heteroatoms. The second-order valence-corrected chi connectivity index (χ2v) is 4.77. The Balaban J connectivity index is 2.10. The third-order valence-corrected chi connectivity index (χ3v) is 3.55. The second kappa shape index (κ2) is 5.87. The van der Waals surface area contributed by atoms with Crippen molar-refractivity contribution in [3.63, 3.8) is 0 Å². The van der Waals surface area contributed by atoms with Crippen LogP contribution in [0.3, 0.4) is 0 Å². The summed E-state index contributed by atoms with van der Waals surface area (Å²) in [5, 5.41) is 13.1. The largest absolute Gasteiger partial charge is 0.507 e. The van der Waals surface area contributed by atoms with Gasteiger partial charge in [0, 0.05) is 13.1 Å². The molecule has 0 radical (unpaired) electrons. The van der Waals surface area contributed by atoms with Crippen LogP contribution in [-0.4, -0.2) is 42.1 Å².